The van der Waals surface area contributed by atoms with Gasteiger partial charge in [-0.1, -0.05) is 13.3 Å². The van der Waals surface area contributed by atoms with Crippen molar-refractivity contribution in [3.8, 4) is 0 Å². The number of carbonyl (C=O) groups excluding carboxylic acids is 1. The molecule has 0 bridgehead atoms. The van der Waals surface area contributed by atoms with Gasteiger partial charge in [0.1, 0.15) is 0 Å². The van der Waals surface area contributed by atoms with Crippen LogP contribution < -0.4 is 16.4 Å². The number of nitrogen functional groups attached to an aromatic ring is 1. The Bertz CT molecular complexity index is 476. The van der Waals surface area contributed by atoms with Gasteiger partial charge in [-0.15, -0.1) is 0 Å². The Kier molecular flexibility index (Phi) is 5.11. The standard InChI is InChI=1S/C12H18N4O3/c1-2-3-6-15(8-12(14)17)11-5-4-9(16(18)19)7-10(11)13/h4-5,7H,2-3,6,8,13H2,1H3,(H2,14,17). The zero-order valence-corrected chi connectivity index (χ0v) is 10.8. The molecule has 104 valence electrons. The highest BCUT2D eigenvalue weighted by Crippen LogP contribution is 2.27. The molecule has 4 N–H and O–H groups in total. The Morgan fingerprint density at radius 3 is 2.63 bits per heavy atom. The van der Waals surface area contributed by atoms with Gasteiger partial charge in [-0.25, -0.2) is 0 Å². The molecule has 0 saturated carbocycles. The summed E-state index contributed by atoms with van der Waals surface area (Å²) in [5.74, 6) is -0.464. The van der Waals surface area contributed by atoms with E-state index in [1.807, 2.05) is 6.92 Å². The summed E-state index contributed by atoms with van der Waals surface area (Å²) in [4.78, 5) is 22.9. The summed E-state index contributed by atoms with van der Waals surface area (Å²) in [6.45, 7) is 2.70. The lowest BCUT2D eigenvalue weighted by Crippen LogP contribution is -2.35. The molecule has 1 amide bonds. The first kappa shape index (κ1) is 14.7. The van der Waals surface area contributed by atoms with E-state index in [0.29, 0.717) is 12.2 Å². The van der Waals surface area contributed by atoms with Gasteiger partial charge in [0.15, 0.2) is 0 Å². The van der Waals surface area contributed by atoms with Crippen LogP contribution in [0, 0.1) is 10.1 Å². The zero-order valence-electron chi connectivity index (χ0n) is 10.8. The number of nitrogens with zero attached hydrogens (tertiary/aromatic N) is 2. The van der Waals surface area contributed by atoms with Gasteiger partial charge < -0.3 is 16.4 Å². The predicted molar refractivity (Wildman–Crippen MR) is 73.8 cm³/mol. The van der Waals surface area contributed by atoms with E-state index >= 15 is 0 Å². The van der Waals surface area contributed by atoms with Crippen molar-refractivity contribution in [2.24, 2.45) is 5.73 Å². The first-order valence-corrected chi connectivity index (χ1v) is 6.02. The fourth-order valence-electron chi connectivity index (χ4n) is 1.77. The Hall–Kier alpha value is -2.31. The van der Waals surface area contributed by atoms with Gasteiger partial charge in [0.05, 0.1) is 22.8 Å². The molecule has 0 aliphatic heterocycles. The summed E-state index contributed by atoms with van der Waals surface area (Å²) >= 11 is 0. The molecule has 0 aromatic heterocycles. The van der Waals surface area contributed by atoms with E-state index in [2.05, 4.69) is 0 Å². The van der Waals surface area contributed by atoms with Gasteiger partial charge in [0, 0.05) is 18.7 Å². The second-order valence-corrected chi connectivity index (χ2v) is 4.24. The molecular formula is C12H18N4O3. The molecule has 1 aromatic carbocycles. The average Bonchev–Trinajstić information content (AvgIpc) is 2.34. The molecule has 1 rings (SSSR count). The first-order chi connectivity index (χ1) is 8.95. The van der Waals surface area contributed by atoms with Crippen LogP contribution in [0.15, 0.2) is 18.2 Å². The summed E-state index contributed by atoms with van der Waals surface area (Å²) in [6.07, 6.45) is 1.84. The van der Waals surface area contributed by atoms with E-state index in [9.17, 15) is 14.9 Å². The quantitative estimate of drug-likeness (QED) is 0.438. The van der Waals surface area contributed by atoms with Gasteiger partial charge in [-0.3, -0.25) is 14.9 Å². The summed E-state index contributed by atoms with van der Waals surface area (Å²) < 4.78 is 0. The smallest absolute Gasteiger partial charge is 0.271 e. The van der Waals surface area contributed by atoms with Crippen LogP contribution in [0.3, 0.4) is 0 Å². The normalized spacial score (nSPS) is 10.2. The van der Waals surface area contributed by atoms with E-state index in [4.69, 9.17) is 11.5 Å². The van der Waals surface area contributed by atoms with Crippen LogP contribution in [0.25, 0.3) is 0 Å². The molecule has 7 nitrogen and oxygen atoms in total. The predicted octanol–water partition coefficient (Wildman–Crippen LogP) is 1.27. The number of primary amides is 1. The Labute approximate surface area is 111 Å². The second-order valence-electron chi connectivity index (χ2n) is 4.24. The number of hydrogen-bond donors (Lipinski definition) is 2. The second kappa shape index (κ2) is 6.58. The molecule has 7 heteroatoms. The summed E-state index contributed by atoms with van der Waals surface area (Å²) in [5, 5.41) is 10.6. The van der Waals surface area contributed by atoms with Gasteiger partial charge in [0.2, 0.25) is 5.91 Å². The summed E-state index contributed by atoms with van der Waals surface area (Å²) in [6, 6.07) is 4.20. The summed E-state index contributed by atoms with van der Waals surface area (Å²) in [7, 11) is 0. The maximum absolute atomic E-state index is 11.1. The van der Waals surface area contributed by atoms with Gasteiger partial charge in [-0.05, 0) is 12.5 Å². The molecule has 19 heavy (non-hydrogen) atoms. The molecule has 1 aromatic rings. The number of anilines is 2. The third-order valence-electron chi connectivity index (χ3n) is 2.69. The van der Waals surface area contributed by atoms with Crippen molar-refractivity contribution in [1.29, 1.82) is 0 Å². The lowest BCUT2D eigenvalue weighted by molar-refractivity contribution is -0.384. The largest absolute Gasteiger partial charge is 0.397 e. The monoisotopic (exact) mass is 266 g/mol. The molecule has 0 aliphatic rings. The SMILES string of the molecule is CCCCN(CC(N)=O)c1ccc([N+](=O)[O-])cc1N. The minimum Gasteiger partial charge on any atom is -0.397 e. The molecule has 0 fully saturated rings. The molecule has 0 saturated heterocycles. The van der Waals surface area contributed by atoms with E-state index < -0.39 is 10.8 Å². The Morgan fingerprint density at radius 2 is 2.16 bits per heavy atom. The molecule has 0 unspecified atom stereocenters. The zero-order chi connectivity index (χ0) is 14.4. The van der Waals surface area contributed by atoms with Crippen molar-refractivity contribution >= 4 is 23.0 Å². The number of nitrogens with two attached hydrogens (primary N) is 2. The van der Waals surface area contributed by atoms with E-state index in [1.54, 1.807) is 11.0 Å². The number of carbonyl (C=O) groups is 1. The number of unbranched alkanes of at least 4 members (excludes halogenated alkanes) is 1. The number of nitro groups is 1. The van der Waals surface area contributed by atoms with Crippen LogP contribution in [0.5, 0.6) is 0 Å². The highest BCUT2D eigenvalue weighted by Gasteiger charge is 2.15. The molecule has 0 radical (unpaired) electrons. The number of amides is 1. The van der Waals surface area contributed by atoms with Gasteiger partial charge in [0.25, 0.3) is 5.69 Å². The number of benzene rings is 1. The Balaban J connectivity index is 3.00. The number of non-ortho nitro benzene ring substituents is 1. The van der Waals surface area contributed by atoms with Crippen molar-refractivity contribution in [1.82, 2.24) is 0 Å². The Morgan fingerprint density at radius 1 is 1.47 bits per heavy atom. The van der Waals surface area contributed by atoms with Crippen LogP contribution >= 0.6 is 0 Å². The number of hydrogen-bond acceptors (Lipinski definition) is 5. The van der Waals surface area contributed by atoms with Crippen LogP contribution in [0.1, 0.15) is 19.8 Å². The maximum Gasteiger partial charge on any atom is 0.271 e. The van der Waals surface area contributed by atoms with Crippen molar-refractivity contribution in [2.45, 2.75) is 19.8 Å². The lowest BCUT2D eigenvalue weighted by Gasteiger charge is -2.24. The maximum atomic E-state index is 11.1. The van der Waals surface area contributed by atoms with Crippen molar-refractivity contribution in [3.05, 3.63) is 28.3 Å². The van der Waals surface area contributed by atoms with Gasteiger partial charge in [-0.2, -0.15) is 0 Å². The molecule has 0 aliphatic carbocycles. The highest BCUT2D eigenvalue weighted by atomic mass is 16.6. The molecule has 0 heterocycles. The van der Waals surface area contributed by atoms with Crippen LogP contribution in [0.4, 0.5) is 17.1 Å². The first-order valence-electron chi connectivity index (χ1n) is 6.02. The van der Waals surface area contributed by atoms with Gasteiger partial charge >= 0.3 is 0 Å². The molecular weight excluding hydrogens is 248 g/mol. The average molecular weight is 266 g/mol. The van der Waals surface area contributed by atoms with E-state index in [0.717, 1.165) is 12.8 Å². The minimum absolute atomic E-state index is 0.0437. The van der Waals surface area contributed by atoms with Crippen LogP contribution in [-0.4, -0.2) is 23.9 Å². The fourth-order valence-corrected chi connectivity index (χ4v) is 1.77. The van der Waals surface area contributed by atoms with Crippen molar-refractivity contribution in [2.75, 3.05) is 23.7 Å². The highest BCUT2D eigenvalue weighted by molar-refractivity contribution is 5.82. The molecule has 0 atom stereocenters. The van der Waals surface area contributed by atoms with E-state index in [-0.39, 0.29) is 17.9 Å². The van der Waals surface area contributed by atoms with Crippen molar-refractivity contribution in [3.63, 3.8) is 0 Å². The fraction of sp³-hybridized carbons (Fsp3) is 0.417. The van der Waals surface area contributed by atoms with Crippen LogP contribution in [0.2, 0.25) is 0 Å². The number of rotatable bonds is 7. The topological polar surface area (TPSA) is 115 Å². The minimum atomic E-state index is -0.509. The lowest BCUT2D eigenvalue weighted by atomic mass is 10.2. The van der Waals surface area contributed by atoms with Crippen LogP contribution in [-0.2, 0) is 4.79 Å². The third kappa shape index (κ3) is 4.13. The van der Waals surface area contributed by atoms with Crippen molar-refractivity contribution < 1.29 is 9.72 Å². The third-order valence-corrected chi connectivity index (χ3v) is 2.69. The van der Waals surface area contributed by atoms with E-state index in [1.165, 1.54) is 12.1 Å². The number of nitro benzene ring substituents is 1. The molecule has 0 spiro atoms. The summed E-state index contributed by atoms with van der Waals surface area (Å²) in [5.41, 5.74) is 11.8.